The first-order valence-corrected chi connectivity index (χ1v) is 25.4. The molecule has 0 atom stereocenters. The Balaban J connectivity index is 0.000000279. The second kappa shape index (κ2) is 15.7. The summed E-state index contributed by atoms with van der Waals surface area (Å²) < 4.78 is 7.82. The predicted molar refractivity (Wildman–Crippen MR) is 214 cm³/mol. The van der Waals surface area contributed by atoms with E-state index in [-0.39, 0.29) is 42.5 Å². The Kier molecular flexibility index (Phi) is 12.5. The van der Waals surface area contributed by atoms with Crippen LogP contribution < -0.4 is 4.40 Å². The zero-order valence-corrected chi connectivity index (χ0v) is 36.7. The van der Waals surface area contributed by atoms with Gasteiger partial charge in [-0.05, 0) is 25.7 Å². The average molecular weight is 923 g/mol. The van der Waals surface area contributed by atoms with Crippen LogP contribution in [-0.2, 0) is 24.9 Å². The van der Waals surface area contributed by atoms with Crippen molar-refractivity contribution >= 4 is 67.1 Å². The van der Waals surface area contributed by atoms with Gasteiger partial charge in [-0.15, -0.1) is 0 Å². The molecule has 5 nitrogen and oxygen atoms in total. The topological polar surface area (TPSA) is 76.2 Å². The Hall–Kier alpha value is -3.32. The number of aliphatic hydroxyl groups is 1. The second-order valence-corrected chi connectivity index (χ2v) is 26.0. The number of carbonyl (C=O) groups is 1. The molecule has 7 heteroatoms. The number of aromatic nitrogens is 2. The number of benzene rings is 4. The number of furan rings is 1. The van der Waals surface area contributed by atoms with Crippen molar-refractivity contribution in [3.05, 3.63) is 90.0 Å². The number of aliphatic hydroxyl groups excluding tert-OH is 1. The third-order valence-electron chi connectivity index (χ3n) is 11.1. The number of hydrogen-bond acceptors (Lipinski definition) is 5. The smallest absolute Gasteiger partial charge is 0 e. The molecule has 0 amide bonds. The number of rotatable bonds is 9. The fourth-order valence-electron chi connectivity index (χ4n) is 6.55. The largest absolute Gasteiger partial charge is 0 e. The van der Waals surface area contributed by atoms with Gasteiger partial charge in [-0.3, -0.25) is 4.79 Å². The fourth-order valence-corrected chi connectivity index (χ4v) is 9.14. The van der Waals surface area contributed by atoms with Crippen molar-refractivity contribution < 1.29 is 34.4 Å². The number of hydrogen-bond donors (Lipinski definition) is 1. The number of para-hydroxylation sites is 1. The van der Waals surface area contributed by atoms with Crippen LogP contribution in [0.4, 0.5) is 0 Å². The molecule has 4 aromatic carbocycles. The first-order chi connectivity index (χ1) is 23.6. The molecule has 0 aliphatic rings. The van der Waals surface area contributed by atoms with Gasteiger partial charge in [0.1, 0.15) is 5.76 Å². The summed E-state index contributed by atoms with van der Waals surface area (Å²) in [6.45, 7) is 16.3. The summed E-state index contributed by atoms with van der Waals surface area (Å²) in [5, 5.41) is 15.8. The maximum atomic E-state index is 12.2. The maximum absolute atomic E-state index is 12.2. The van der Waals surface area contributed by atoms with Crippen molar-refractivity contribution in [3.63, 3.8) is 0 Å². The molecule has 6 rings (SSSR count). The summed E-state index contributed by atoms with van der Waals surface area (Å²) in [6, 6.07) is 24.8. The van der Waals surface area contributed by atoms with Crippen molar-refractivity contribution in [2.75, 3.05) is 0 Å². The van der Waals surface area contributed by atoms with Crippen LogP contribution in [0.1, 0.15) is 78.6 Å². The van der Waals surface area contributed by atoms with E-state index in [1.165, 1.54) is 26.8 Å². The molecule has 0 aliphatic carbocycles. The normalized spacial score (nSPS) is 12.6. The van der Waals surface area contributed by atoms with Crippen LogP contribution in [-0.4, -0.2) is 34.1 Å². The number of allylic oxidation sites excluding steroid dienone is 2. The molecule has 0 saturated carbocycles. The SMILES string of the molecule is CCC(C)(CC)C(=O)/C=C(\O)C(C)(CC)CC.Cc1nc(-c2[c-]ccc3c2oc2ccccc23)c2ccc3c[c]([Ge]([CH3])([CH3])[CH3])cc(C)c3c2n1.[Ir]. The van der Waals surface area contributed by atoms with Gasteiger partial charge in [0.05, 0.1) is 0 Å². The minimum Gasteiger partial charge on any atom is 0 e. The van der Waals surface area contributed by atoms with Gasteiger partial charge in [0.15, 0.2) is 5.78 Å². The molecule has 1 radical (unpaired) electrons. The Morgan fingerprint density at radius 1 is 0.863 bits per heavy atom. The third-order valence-corrected chi connectivity index (χ3v) is 15.4. The van der Waals surface area contributed by atoms with Gasteiger partial charge < -0.3 is 5.11 Å². The molecule has 0 aliphatic heterocycles. The van der Waals surface area contributed by atoms with Crippen molar-refractivity contribution in [1.29, 1.82) is 0 Å². The fraction of sp³-hybridized carbons (Fsp3) is 0.386. The zero-order chi connectivity index (χ0) is 36.6. The van der Waals surface area contributed by atoms with Crippen LogP contribution in [0.2, 0.25) is 17.3 Å². The third kappa shape index (κ3) is 7.89. The van der Waals surface area contributed by atoms with Gasteiger partial charge in [-0.2, -0.15) is 0 Å². The molecular formula is C44H53GeIrN2O3-. The van der Waals surface area contributed by atoms with Crippen LogP contribution in [0.25, 0.3) is 54.9 Å². The van der Waals surface area contributed by atoms with Gasteiger partial charge in [-0.1, -0.05) is 53.7 Å². The Bertz CT molecular complexity index is 2240. The molecule has 2 heterocycles. The van der Waals surface area contributed by atoms with Gasteiger partial charge in [0.2, 0.25) is 0 Å². The van der Waals surface area contributed by atoms with E-state index in [4.69, 9.17) is 14.4 Å². The molecule has 1 N–H and O–H groups in total. The molecular weight excluding hydrogens is 869 g/mol. The van der Waals surface area contributed by atoms with E-state index in [0.717, 1.165) is 75.6 Å². The number of fused-ring (bicyclic) bond motifs is 6. The quantitative estimate of drug-likeness (QED) is 0.0514. The van der Waals surface area contributed by atoms with Crippen molar-refractivity contribution in [2.45, 2.75) is 98.3 Å². The summed E-state index contributed by atoms with van der Waals surface area (Å²) in [6.07, 6.45) is 4.75. The van der Waals surface area contributed by atoms with Gasteiger partial charge in [0, 0.05) is 37.0 Å². The first-order valence-electron chi connectivity index (χ1n) is 18.1. The molecule has 271 valence electrons. The molecule has 0 unspecified atom stereocenters. The minimum atomic E-state index is -1.95. The van der Waals surface area contributed by atoms with Crippen LogP contribution in [0.5, 0.6) is 0 Å². The molecule has 0 fully saturated rings. The molecule has 51 heavy (non-hydrogen) atoms. The van der Waals surface area contributed by atoms with E-state index < -0.39 is 13.3 Å². The molecule has 2 aromatic heterocycles. The number of ketones is 1. The van der Waals surface area contributed by atoms with Gasteiger partial charge in [-0.25, -0.2) is 0 Å². The van der Waals surface area contributed by atoms with Crippen molar-refractivity contribution in [1.82, 2.24) is 9.97 Å². The Morgan fingerprint density at radius 2 is 1.51 bits per heavy atom. The molecule has 0 bridgehead atoms. The summed E-state index contributed by atoms with van der Waals surface area (Å²) >= 11 is -1.95. The minimum absolute atomic E-state index is 0. The molecule has 6 aromatic rings. The Morgan fingerprint density at radius 3 is 2.14 bits per heavy atom. The second-order valence-electron chi connectivity index (χ2n) is 15.3. The van der Waals surface area contributed by atoms with E-state index in [1.807, 2.05) is 72.7 Å². The number of nitrogens with zero attached hydrogens (tertiary/aromatic N) is 2. The number of aryl methyl sites for hydroxylation is 2. The Labute approximate surface area is 320 Å². The van der Waals surface area contributed by atoms with E-state index in [2.05, 4.69) is 66.7 Å². The summed E-state index contributed by atoms with van der Waals surface area (Å²) in [4.78, 5) is 22.0. The van der Waals surface area contributed by atoms with Crippen LogP contribution in [0, 0.1) is 30.7 Å². The van der Waals surface area contributed by atoms with Gasteiger partial charge in [0.25, 0.3) is 0 Å². The van der Waals surface area contributed by atoms with Crippen molar-refractivity contribution in [2.24, 2.45) is 10.8 Å². The summed E-state index contributed by atoms with van der Waals surface area (Å²) in [5.41, 5.74) is 5.15. The molecule has 0 saturated heterocycles. The van der Waals surface area contributed by atoms with Crippen LogP contribution >= 0.6 is 0 Å². The predicted octanol–water partition coefficient (Wildman–Crippen LogP) is 12.0. The monoisotopic (exact) mass is 924 g/mol. The van der Waals surface area contributed by atoms with E-state index >= 15 is 0 Å². The first kappa shape index (κ1) is 40.5. The maximum Gasteiger partial charge on any atom is 0 e. The van der Waals surface area contributed by atoms with E-state index in [9.17, 15) is 9.90 Å². The van der Waals surface area contributed by atoms with Crippen molar-refractivity contribution in [3.8, 4) is 11.3 Å². The number of carbonyl (C=O) groups excluding carboxylic acids is 1. The molecule has 0 spiro atoms. The average Bonchev–Trinajstić information content (AvgIpc) is 3.49. The summed E-state index contributed by atoms with van der Waals surface area (Å²) in [7, 11) is 0. The standard InChI is InChI=1S/C29H25GeN2O.C15H28O2.Ir/c1-17-15-20(30(3,4)5)16-19-13-14-23-27(31-18(2)32-28(23)26(17)19)24-11-8-10-22-21-9-6-7-12-25(21)33-29(22)24;1-7-14(5,8-2)12(16)11-13(17)15(6,9-3)10-4;/h6-10,12-16H,1-5H3;11,16H,7-10H2,1-6H3;/q-1;;/b;12-11-;. The zero-order valence-electron chi connectivity index (χ0n) is 32.2. The van der Waals surface area contributed by atoms with E-state index in [1.54, 1.807) is 0 Å². The summed E-state index contributed by atoms with van der Waals surface area (Å²) in [5.74, 6) is 8.36. The van der Waals surface area contributed by atoms with Gasteiger partial charge >= 0.3 is 184 Å². The van der Waals surface area contributed by atoms with Crippen LogP contribution in [0.15, 0.2) is 76.9 Å². The van der Waals surface area contributed by atoms with Crippen LogP contribution in [0.3, 0.4) is 0 Å². The van der Waals surface area contributed by atoms with E-state index in [0.29, 0.717) is 0 Å².